The Bertz CT molecular complexity index is 616. The molecule has 2 heteroatoms. The molecule has 2 aliphatic carbocycles. The molecule has 0 aromatic heterocycles. The first-order valence-electron chi connectivity index (χ1n) is 12.3. The topological polar surface area (TPSA) is 26.3 Å². The summed E-state index contributed by atoms with van der Waals surface area (Å²) < 4.78 is 5.55. The van der Waals surface area contributed by atoms with Crippen LogP contribution in [0.4, 0.5) is 0 Å². The second kappa shape index (κ2) is 10.6. The van der Waals surface area contributed by atoms with Crippen molar-refractivity contribution in [1.29, 1.82) is 0 Å². The summed E-state index contributed by atoms with van der Waals surface area (Å²) in [5.41, 5.74) is 2.79. The number of benzene rings is 1. The van der Waals surface area contributed by atoms with Crippen LogP contribution in [-0.4, -0.2) is 12.6 Å². The molecule has 162 valence electrons. The number of ether oxygens (including phenoxy) is 1. The lowest BCUT2D eigenvalue weighted by Gasteiger charge is -2.41. The van der Waals surface area contributed by atoms with Crippen LogP contribution in [0.15, 0.2) is 24.3 Å². The zero-order chi connectivity index (χ0) is 20.7. The van der Waals surface area contributed by atoms with Gasteiger partial charge >= 0.3 is 5.97 Å². The van der Waals surface area contributed by atoms with Gasteiger partial charge in [0.2, 0.25) is 0 Å². The van der Waals surface area contributed by atoms with E-state index in [0.717, 1.165) is 43.4 Å². The number of unbranched alkanes of at least 4 members (excludes halogenated alkanes) is 1. The van der Waals surface area contributed by atoms with E-state index >= 15 is 0 Å². The third-order valence-corrected chi connectivity index (χ3v) is 7.79. The van der Waals surface area contributed by atoms with Gasteiger partial charge in [-0.1, -0.05) is 51.0 Å². The first kappa shape index (κ1) is 22.4. The molecule has 0 saturated heterocycles. The molecule has 0 N–H and O–H groups in total. The van der Waals surface area contributed by atoms with Crippen LogP contribution in [0.2, 0.25) is 0 Å². The van der Waals surface area contributed by atoms with Crippen molar-refractivity contribution in [3.63, 3.8) is 0 Å². The van der Waals surface area contributed by atoms with Crippen LogP contribution in [0.3, 0.4) is 0 Å². The van der Waals surface area contributed by atoms with Gasteiger partial charge in [0.1, 0.15) is 0 Å². The molecule has 0 atom stereocenters. The van der Waals surface area contributed by atoms with Crippen LogP contribution in [0.5, 0.6) is 0 Å². The standard InChI is InChI=1S/C27H42O2/c1-4-6-20-29-26(28)27(3)18-16-25(17-19-27)24-14-12-23(13-15-24)22-10-8-21(7-5-2)9-11-22/h8-11,23-25H,4-7,12-20H2,1-3H3. The smallest absolute Gasteiger partial charge is 0.311 e. The molecule has 1 aromatic rings. The Morgan fingerprint density at radius 2 is 1.55 bits per heavy atom. The number of carbonyl (C=O) groups excluding carboxylic acids is 1. The van der Waals surface area contributed by atoms with E-state index in [2.05, 4.69) is 45.0 Å². The van der Waals surface area contributed by atoms with Crippen molar-refractivity contribution in [2.45, 2.75) is 104 Å². The molecule has 2 fully saturated rings. The quantitative estimate of drug-likeness (QED) is 0.336. The molecular formula is C27H42O2. The molecule has 0 bridgehead atoms. The second-order valence-electron chi connectivity index (χ2n) is 9.99. The SMILES string of the molecule is CCCCOC(=O)C1(C)CCC(C2CCC(c3ccc(CCC)cc3)CC2)CC1. The van der Waals surface area contributed by atoms with Gasteiger partial charge in [0.15, 0.2) is 0 Å². The lowest BCUT2D eigenvalue weighted by Crippen LogP contribution is -2.36. The maximum Gasteiger partial charge on any atom is 0.311 e. The fourth-order valence-corrected chi connectivity index (χ4v) is 5.61. The Morgan fingerprint density at radius 3 is 2.14 bits per heavy atom. The third-order valence-electron chi connectivity index (χ3n) is 7.79. The number of hydrogen-bond acceptors (Lipinski definition) is 2. The van der Waals surface area contributed by atoms with Crippen molar-refractivity contribution < 1.29 is 9.53 Å². The van der Waals surface area contributed by atoms with Crippen LogP contribution in [0.25, 0.3) is 0 Å². The minimum Gasteiger partial charge on any atom is -0.465 e. The van der Waals surface area contributed by atoms with Crippen LogP contribution >= 0.6 is 0 Å². The first-order valence-corrected chi connectivity index (χ1v) is 12.3. The molecule has 0 heterocycles. The summed E-state index contributed by atoms with van der Waals surface area (Å²) >= 11 is 0. The van der Waals surface area contributed by atoms with Crippen molar-refractivity contribution >= 4 is 5.97 Å². The van der Waals surface area contributed by atoms with Gasteiger partial charge in [-0.05, 0) is 100 Å². The van der Waals surface area contributed by atoms with Gasteiger partial charge < -0.3 is 4.74 Å². The maximum atomic E-state index is 12.5. The Morgan fingerprint density at radius 1 is 0.931 bits per heavy atom. The first-order chi connectivity index (χ1) is 14.1. The Balaban J connectivity index is 1.44. The molecule has 3 rings (SSSR count). The minimum absolute atomic E-state index is 0.0552. The van der Waals surface area contributed by atoms with Crippen LogP contribution < -0.4 is 0 Å². The molecular weight excluding hydrogens is 356 g/mol. The number of esters is 1. The summed E-state index contributed by atoms with van der Waals surface area (Å²) in [7, 11) is 0. The van der Waals surface area contributed by atoms with E-state index in [-0.39, 0.29) is 11.4 Å². The molecule has 2 nitrogen and oxygen atoms in total. The summed E-state index contributed by atoms with van der Waals surface area (Å²) in [5, 5.41) is 0. The van der Waals surface area contributed by atoms with Crippen molar-refractivity contribution in [3.05, 3.63) is 35.4 Å². The van der Waals surface area contributed by atoms with E-state index in [1.54, 1.807) is 5.56 Å². The molecule has 0 radical (unpaired) electrons. The number of carbonyl (C=O) groups is 1. The van der Waals surface area contributed by atoms with E-state index < -0.39 is 0 Å². The van der Waals surface area contributed by atoms with Gasteiger partial charge in [0, 0.05) is 0 Å². The highest BCUT2D eigenvalue weighted by Crippen LogP contribution is 2.47. The molecule has 29 heavy (non-hydrogen) atoms. The van der Waals surface area contributed by atoms with Crippen molar-refractivity contribution in [2.75, 3.05) is 6.61 Å². The monoisotopic (exact) mass is 398 g/mol. The van der Waals surface area contributed by atoms with E-state index in [1.807, 2.05) is 0 Å². The Labute approximate surface area is 178 Å². The second-order valence-corrected chi connectivity index (χ2v) is 9.99. The highest BCUT2D eigenvalue weighted by molar-refractivity contribution is 5.76. The van der Waals surface area contributed by atoms with E-state index in [0.29, 0.717) is 6.61 Å². The zero-order valence-corrected chi connectivity index (χ0v) is 19.1. The number of hydrogen-bond donors (Lipinski definition) is 0. The van der Waals surface area contributed by atoms with Gasteiger partial charge in [-0.2, -0.15) is 0 Å². The predicted octanol–water partition coefficient (Wildman–Crippen LogP) is 7.45. The lowest BCUT2D eigenvalue weighted by molar-refractivity contribution is -0.157. The van der Waals surface area contributed by atoms with Crippen LogP contribution in [0, 0.1) is 17.3 Å². The van der Waals surface area contributed by atoms with E-state index in [4.69, 9.17) is 4.74 Å². The van der Waals surface area contributed by atoms with Crippen molar-refractivity contribution in [3.8, 4) is 0 Å². The van der Waals surface area contributed by atoms with Crippen LogP contribution in [0.1, 0.15) is 108 Å². The lowest BCUT2D eigenvalue weighted by atomic mass is 9.64. The van der Waals surface area contributed by atoms with Gasteiger partial charge in [-0.25, -0.2) is 0 Å². The molecule has 0 unspecified atom stereocenters. The third kappa shape index (κ3) is 5.86. The maximum absolute atomic E-state index is 12.5. The molecule has 0 spiro atoms. The van der Waals surface area contributed by atoms with E-state index in [1.165, 1.54) is 56.9 Å². The highest BCUT2D eigenvalue weighted by atomic mass is 16.5. The number of rotatable bonds is 8. The molecule has 0 amide bonds. The van der Waals surface area contributed by atoms with Crippen LogP contribution in [-0.2, 0) is 16.0 Å². The van der Waals surface area contributed by atoms with Gasteiger partial charge in [-0.3, -0.25) is 4.79 Å². The summed E-state index contributed by atoms with van der Waals surface area (Å²) in [6.07, 6.45) is 14.3. The molecule has 0 aliphatic heterocycles. The van der Waals surface area contributed by atoms with Gasteiger partial charge in [0.05, 0.1) is 12.0 Å². The molecule has 2 aliphatic rings. The Hall–Kier alpha value is -1.31. The highest BCUT2D eigenvalue weighted by Gasteiger charge is 2.41. The Kier molecular flexibility index (Phi) is 8.21. The summed E-state index contributed by atoms with van der Waals surface area (Å²) in [5.74, 6) is 2.50. The summed E-state index contributed by atoms with van der Waals surface area (Å²) in [6, 6.07) is 9.44. The van der Waals surface area contributed by atoms with Crippen molar-refractivity contribution in [1.82, 2.24) is 0 Å². The normalized spacial score (nSPS) is 30.1. The average molecular weight is 399 g/mol. The van der Waals surface area contributed by atoms with Gasteiger partial charge in [0.25, 0.3) is 0 Å². The summed E-state index contributed by atoms with van der Waals surface area (Å²) in [6.45, 7) is 7.11. The number of aryl methyl sites for hydroxylation is 1. The predicted molar refractivity (Wildman–Crippen MR) is 121 cm³/mol. The fraction of sp³-hybridized carbons (Fsp3) is 0.741. The average Bonchev–Trinajstić information content (AvgIpc) is 2.75. The minimum atomic E-state index is -0.234. The zero-order valence-electron chi connectivity index (χ0n) is 19.1. The fourth-order valence-electron chi connectivity index (χ4n) is 5.61. The van der Waals surface area contributed by atoms with Crippen molar-refractivity contribution in [2.24, 2.45) is 17.3 Å². The molecule has 2 saturated carbocycles. The van der Waals surface area contributed by atoms with Gasteiger partial charge in [-0.15, -0.1) is 0 Å². The summed E-state index contributed by atoms with van der Waals surface area (Å²) in [4.78, 5) is 12.5. The van der Waals surface area contributed by atoms with E-state index in [9.17, 15) is 4.79 Å². The largest absolute Gasteiger partial charge is 0.465 e. The molecule has 1 aromatic carbocycles.